The fourth-order valence-electron chi connectivity index (χ4n) is 3.88. The van der Waals surface area contributed by atoms with Gasteiger partial charge < -0.3 is 15.0 Å². The van der Waals surface area contributed by atoms with Crippen LogP contribution in [0.15, 0.2) is 18.2 Å². The summed E-state index contributed by atoms with van der Waals surface area (Å²) in [6.45, 7) is 0. The Morgan fingerprint density at radius 1 is 1.25 bits per heavy atom. The molecule has 20 heavy (non-hydrogen) atoms. The molecular formula is C16H23FN2O. The summed E-state index contributed by atoms with van der Waals surface area (Å²) in [6, 6.07) is 6.60. The molecule has 2 bridgehead atoms. The molecule has 2 saturated heterocycles. The fourth-order valence-corrected chi connectivity index (χ4v) is 3.88. The standard InChI is InChI=1S/C16H23FN2O/c1-18-12-9-13-4-3-5-14(10-12)19(13)15-7-6-11(17)8-16(15)20-2/h6-8,12-14,18H,3-5,9-10H2,1-2H3. The zero-order valence-corrected chi connectivity index (χ0v) is 12.2. The number of benzene rings is 1. The molecule has 1 aromatic carbocycles. The first-order valence-corrected chi connectivity index (χ1v) is 7.52. The van der Waals surface area contributed by atoms with Crippen molar-refractivity contribution in [3.63, 3.8) is 0 Å². The SMILES string of the molecule is CNC1CC2CCCC(C1)N2c1ccc(F)cc1OC. The summed E-state index contributed by atoms with van der Waals surface area (Å²) >= 11 is 0. The Balaban J connectivity index is 1.93. The van der Waals surface area contributed by atoms with Crippen LogP contribution in [0.25, 0.3) is 0 Å². The zero-order chi connectivity index (χ0) is 14.1. The second-order valence-corrected chi connectivity index (χ2v) is 5.92. The summed E-state index contributed by atoms with van der Waals surface area (Å²) in [5, 5.41) is 3.42. The average molecular weight is 278 g/mol. The lowest BCUT2D eigenvalue weighted by Crippen LogP contribution is -2.56. The molecule has 0 radical (unpaired) electrons. The van der Waals surface area contributed by atoms with Crippen LogP contribution >= 0.6 is 0 Å². The van der Waals surface area contributed by atoms with Crippen molar-refractivity contribution < 1.29 is 9.13 Å². The van der Waals surface area contributed by atoms with Crippen LogP contribution in [-0.4, -0.2) is 32.3 Å². The van der Waals surface area contributed by atoms with Gasteiger partial charge in [0, 0.05) is 24.2 Å². The molecule has 3 rings (SSSR count). The number of rotatable bonds is 3. The number of ether oxygens (including phenoxy) is 1. The van der Waals surface area contributed by atoms with Crippen molar-refractivity contribution in [2.45, 2.75) is 50.2 Å². The van der Waals surface area contributed by atoms with E-state index in [1.807, 2.05) is 6.07 Å². The average Bonchev–Trinajstić information content (AvgIpc) is 2.45. The van der Waals surface area contributed by atoms with Gasteiger partial charge in [0.05, 0.1) is 12.8 Å². The molecule has 2 fully saturated rings. The number of hydrogen-bond acceptors (Lipinski definition) is 3. The zero-order valence-electron chi connectivity index (χ0n) is 12.2. The molecular weight excluding hydrogens is 255 g/mol. The molecule has 3 nitrogen and oxygen atoms in total. The molecule has 0 saturated carbocycles. The van der Waals surface area contributed by atoms with Crippen LogP contribution in [0.2, 0.25) is 0 Å². The summed E-state index contributed by atoms with van der Waals surface area (Å²) in [4.78, 5) is 2.48. The number of halogens is 1. The van der Waals surface area contributed by atoms with Gasteiger partial charge in [0.25, 0.3) is 0 Å². The molecule has 2 aliphatic rings. The van der Waals surface area contributed by atoms with Gasteiger partial charge in [-0.2, -0.15) is 0 Å². The van der Waals surface area contributed by atoms with Gasteiger partial charge in [0.2, 0.25) is 0 Å². The first-order valence-electron chi connectivity index (χ1n) is 7.52. The minimum atomic E-state index is -0.235. The lowest BCUT2D eigenvalue weighted by molar-refractivity contribution is 0.250. The number of piperidine rings is 2. The minimum absolute atomic E-state index is 0.235. The first-order chi connectivity index (χ1) is 9.72. The number of fused-ring (bicyclic) bond motifs is 2. The molecule has 1 aromatic rings. The number of methoxy groups -OCH3 is 1. The molecule has 2 aliphatic heterocycles. The summed E-state index contributed by atoms with van der Waals surface area (Å²) in [6.07, 6.45) is 6.05. The van der Waals surface area contributed by atoms with Crippen molar-refractivity contribution >= 4 is 5.69 Å². The Morgan fingerprint density at radius 2 is 1.95 bits per heavy atom. The third-order valence-corrected chi connectivity index (χ3v) is 4.80. The highest BCUT2D eigenvalue weighted by molar-refractivity contribution is 5.60. The molecule has 0 spiro atoms. The van der Waals surface area contributed by atoms with Crippen LogP contribution in [0.1, 0.15) is 32.1 Å². The number of nitrogens with one attached hydrogen (secondary N) is 1. The van der Waals surface area contributed by atoms with Crippen LogP contribution in [0.5, 0.6) is 5.75 Å². The predicted molar refractivity (Wildman–Crippen MR) is 78.9 cm³/mol. The van der Waals surface area contributed by atoms with Crippen molar-refractivity contribution in [3.05, 3.63) is 24.0 Å². The van der Waals surface area contributed by atoms with E-state index in [9.17, 15) is 4.39 Å². The quantitative estimate of drug-likeness (QED) is 0.920. The normalized spacial score (nSPS) is 29.4. The second-order valence-electron chi connectivity index (χ2n) is 5.92. The summed E-state index contributed by atoms with van der Waals surface area (Å²) in [7, 11) is 3.67. The minimum Gasteiger partial charge on any atom is -0.494 e. The first kappa shape index (κ1) is 13.7. The monoisotopic (exact) mass is 278 g/mol. The third kappa shape index (κ3) is 2.37. The van der Waals surface area contributed by atoms with Crippen LogP contribution in [-0.2, 0) is 0 Å². The maximum atomic E-state index is 13.4. The Kier molecular flexibility index (Phi) is 3.83. The number of nitrogens with zero attached hydrogens (tertiary/aromatic N) is 1. The van der Waals surface area contributed by atoms with Gasteiger partial charge in [-0.25, -0.2) is 4.39 Å². The number of anilines is 1. The largest absolute Gasteiger partial charge is 0.494 e. The van der Waals surface area contributed by atoms with Gasteiger partial charge in [0.15, 0.2) is 0 Å². The van der Waals surface area contributed by atoms with Crippen LogP contribution in [0.4, 0.5) is 10.1 Å². The van der Waals surface area contributed by atoms with Crippen molar-refractivity contribution in [1.29, 1.82) is 0 Å². The molecule has 4 heteroatoms. The maximum Gasteiger partial charge on any atom is 0.145 e. The van der Waals surface area contributed by atoms with Crippen LogP contribution < -0.4 is 15.0 Å². The van der Waals surface area contributed by atoms with Crippen LogP contribution in [0, 0.1) is 5.82 Å². The highest BCUT2D eigenvalue weighted by Crippen LogP contribution is 2.41. The van der Waals surface area contributed by atoms with E-state index in [2.05, 4.69) is 17.3 Å². The Labute approximate surface area is 120 Å². The molecule has 2 heterocycles. The number of hydrogen-bond donors (Lipinski definition) is 1. The van der Waals surface area contributed by atoms with Crippen molar-refractivity contribution in [2.75, 3.05) is 19.1 Å². The van der Waals surface area contributed by atoms with E-state index >= 15 is 0 Å². The van der Waals surface area contributed by atoms with Gasteiger partial charge in [-0.1, -0.05) is 0 Å². The van der Waals surface area contributed by atoms with Gasteiger partial charge in [0.1, 0.15) is 11.6 Å². The molecule has 2 atom stereocenters. The Morgan fingerprint density at radius 3 is 2.55 bits per heavy atom. The predicted octanol–water partition coefficient (Wildman–Crippen LogP) is 2.94. The molecule has 0 aliphatic carbocycles. The summed E-state index contributed by atoms with van der Waals surface area (Å²) in [5.41, 5.74) is 1.05. The topological polar surface area (TPSA) is 24.5 Å². The van der Waals surface area contributed by atoms with E-state index in [-0.39, 0.29) is 5.82 Å². The van der Waals surface area contributed by atoms with Crippen molar-refractivity contribution in [3.8, 4) is 5.75 Å². The Bertz CT molecular complexity index is 466. The lowest BCUT2D eigenvalue weighted by atomic mass is 9.81. The van der Waals surface area contributed by atoms with E-state index in [0.717, 1.165) is 18.5 Å². The molecule has 2 unspecified atom stereocenters. The highest BCUT2D eigenvalue weighted by Gasteiger charge is 2.38. The molecule has 110 valence electrons. The maximum absolute atomic E-state index is 13.4. The third-order valence-electron chi connectivity index (χ3n) is 4.80. The van der Waals surface area contributed by atoms with E-state index in [4.69, 9.17) is 4.74 Å². The highest BCUT2D eigenvalue weighted by atomic mass is 19.1. The van der Waals surface area contributed by atoms with Gasteiger partial charge in [-0.05, 0) is 51.3 Å². The molecule has 0 amide bonds. The summed E-state index contributed by atoms with van der Waals surface area (Å²) in [5.74, 6) is 0.422. The second kappa shape index (κ2) is 5.60. The van der Waals surface area contributed by atoms with Gasteiger partial charge >= 0.3 is 0 Å². The fraction of sp³-hybridized carbons (Fsp3) is 0.625. The van der Waals surface area contributed by atoms with Crippen molar-refractivity contribution in [2.24, 2.45) is 0 Å². The summed E-state index contributed by atoms with van der Waals surface area (Å²) < 4.78 is 18.8. The molecule has 1 N–H and O–H groups in total. The molecule has 0 aromatic heterocycles. The van der Waals surface area contributed by atoms with Crippen LogP contribution in [0.3, 0.4) is 0 Å². The van der Waals surface area contributed by atoms with Gasteiger partial charge in [-0.3, -0.25) is 0 Å². The van der Waals surface area contributed by atoms with E-state index in [1.54, 1.807) is 7.11 Å². The van der Waals surface area contributed by atoms with E-state index in [0.29, 0.717) is 23.9 Å². The van der Waals surface area contributed by atoms with Gasteiger partial charge in [-0.15, -0.1) is 0 Å². The van der Waals surface area contributed by atoms with E-state index in [1.165, 1.54) is 31.4 Å². The Hall–Kier alpha value is -1.29. The van der Waals surface area contributed by atoms with Crippen molar-refractivity contribution in [1.82, 2.24) is 5.32 Å². The lowest BCUT2D eigenvalue weighted by Gasteiger charge is -2.50. The van der Waals surface area contributed by atoms with E-state index < -0.39 is 0 Å². The smallest absolute Gasteiger partial charge is 0.145 e.